The van der Waals surface area contributed by atoms with Gasteiger partial charge in [0.05, 0.1) is 35.5 Å². The molecule has 26 heavy (non-hydrogen) atoms. The maximum Gasteiger partial charge on any atom is 0.261 e. The van der Waals surface area contributed by atoms with Crippen LogP contribution < -0.4 is 16.0 Å². The zero-order valence-electron chi connectivity index (χ0n) is 13.7. The van der Waals surface area contributed by atoms with Gasteiger partial charge in [-0.25, -0.2) is 4.98 Å². The van der Waals surface area contributed by atoms with Crippen molar-refractivity contribution in [3.05, 3.63) is 52.5 Å². The number of carbonyl (C=O) groups is 3. The lowest BCUT2D eigenvalue weighted by Gasteiger charge is -2.06. The highest BCUT2D eigenvalue weighted by Gasteiger charge is 2.10. The molecular weight excluding hydrogens is 354 g/mol. The number of thiophene rings is 1. The smallest absolute Gasteiger partial charge is 0.261 e. The molecule has 2 aromatic heterocycles. The molecule has 0 aliphatic heterocycles. The van der Waals surface area contributed by atoms with E-state index >= 15 is 0 Å². The van der Waals surface area contributed by atoms with Crippen LogP contribution in [0.5, 0.6) is 0 Å². The van der Waals surface area contributed by atoms with Crippen LogP contribution in [0, 0.1) is 0 Å². The highest BCUT2D eigenvalue weighted by atomic mass is 32.1. The van der Waals surface area contributed by atoms with Crippen LogP contribution in [0.4, 0.5) is 0 Å². The number of nitrogens with one attached hydrogen (secondary N) is 4. The molecule has 1 aromatic carbocycles. The minimum atomic E-state index is -0.436. The van der Waals surface area contributed by atoms with Gasteiger partial charge >= 0.3 is 0 Å². The number of rotatable bonds is 7. The number of carbonyl (C=O) groups excluding carboxylic acids is 3. The van der Waals surface area contributed by atoms with Gasteiger partial charge in [0, 0.05) is 0 Å². The lowest BCUT2D eigenvalue weighted by molar-refractivity contribution is -0.125. The number of hydrogen-bond donors (Lipinski definition) is 4. The lowest BCUT2D eigenvalue weighted by Crippen LogP contribution is -2.41. The summed E-state index contributed by atoms with van der Waals surface area (Å²) in [5.74, 6) is -0.462. The molecule has 0 radical (unpaired) electrons. The molecule has 8 nitrogen and oxygen atoms in total. The predicted molar refractivity (Wildman–Crippen MR) is 97.6 cm³/mol. The Morgan fingerprint density at radius 2 is 1.73 bits per heavy atom. The van der Waals surface area contributed by atoms with Crippen molar-refractivity contribution in [1.29, 1.82) is 0 Å². The van der Waals surface area contributed by atoms with Gasteiger partial charge in [-0.3, -0.25) is 14.4 Å². The van der Waals surface area contributed by atoms with Gasteiger partial charge in [-0.1, -0.05) is 18.2 Å². The van der Waals surface area contributed by atoms with E-state index in [2.05, 4.69) is 25.9 Å². The van der Waals surface area contributed by atoms with Crippen molar-refractivity contribution in [3.63, 3.8) is 0 Å². The number of hydrogen-bond acceptors (Lipinski definition) is 5. The van der Waals surface area contributed by atoms with Gasteiger partial charge in [0.25, 0.3) is 5.91 Å². The SMILES string of the molecule is O=C(CNC(=O)CNC(=O)c1cccs1)NCc1nc2ccccc2[nH]1. The van der Waals surface area contributed by atoms with Crippen molar-refractivity contribution in [3.8, 4) is 0 Å². The highest BCUT2D eigenvalue weighted by molar-refractivity contribution is 7.12. The van der Waals surface area contributed by atoms with Crippen LogP contribution in [0.15, 0.2) is 41.8 Å². The van der Waals surface area contributed by atoms with Crippen LogP contribution in [-0.2, 0) is 16.1 Å². The van der Waals surface area contributed by atoms with Crippen molar-refractivity contribution in [2.45, 2.75) is 6.54 Å². The highest BCUT2D eigenvalue weighted by Crippen LogP contribution is 2.09. The second-order valence-corrected chi connectivity index (χ2v) is 6.36. The van der Waals surface area contributed by atoms with Crippen LogP contribution in [0.3, 0.4) is 0 Å². The van der Waals surface area contributed by atoms with Crippen LogP contribution in [-0.4, -0.2) is 40.8 Å². The molecule has 0 fully saturated rings. The summed E-state index contributed by atoms with van der Waals surface area (Å²) in [6.07, 6.45) is 0. The molecule has 0 saturated carbocycles. The second-order valence-electron chi connectivity index (χ2n) is 5.41. The van der Waals surface area contributed by atoms with E-state index in [0.717, 1.165) is 11.0 Å². The Labute approximate surface area is 153 Å². The second kappa shape index (κ2) is 8.26. The van der Waals surface area contributed by atoms with Gasteiger partial charge < -0.3 is 20.9 Å². The number of nitrogens with zero attached hydrogens (tertiary/aromatic N) is 1. The molecule has 0 aliphatic rings. The number of para-hydroxylation sites is 2. The summed E-state index contributed by atoms with van der Waals surface area (Å²) in [6.45, 7) is -0.125. The van der Waals surface area contributed by atoms with Crippen LogP contribution >= 0.6 is 11.3 Å². The monoisotopic (exact) mass is 371 g/mol. The van der Waals surface area contributed by atoms with Gasteiger partial charge in [0.2, 0.25) is 11.8 Å². The molecular formula is C17H17N5O3S. The molecule has 134 valence electrons. The minimum Gasteiger partial charge on any atom is -0.347 e. The Morgan fingerprint density at radius 3 is 2.50 bits per heavy atom. The summed E-state index contributed by atoms with van der Waals surface area (Å²) >= 11 is 1.29. The average molecular weight is 371 g/mol. The van der Waals surface area contributed by atoms with Gasteiger partial charge in [-0.15, -0.1) is 11.3 Å². The first-order valence-electron chi connectivity index (χ1n) is 7.90. The standard InChI is InChI=1S/C17H17N5O3S/c23-15(18-8-14-21-11-4-1-2-5-12(11)22-14)9-19-16(24)10-20-17(25)13-6-3-7-26-13/h1-7H,8-10H2,(H,18,23)(H,19,24)(H,20,25)(H,21,22). The average Bonchev–Trinajstić information content (AvgIpc) is 3.31. The first-order chi connectivity index (χ1) is 12.6. The van der Waals surface area contributed by atoms with E-state index in [1.165, 1.54) is 11.3 Å². The van der Waals surface area contributed by atoms with Crippen LogP contribution in [0.1, 0.15) is 15.5 Å². The summed E-state index contributed by atoms with van der Waals surface area (Å²) in [4.78, 5) is 43.2. The number of aromatic nitrogens is 2. The molecule has 0 spiro atoms. The lowest BCUT2D eigenvalue weighted by atomic mass is 10.3. The van der Waals surface area contributed by atoms with Gasteiger partial charge in [-0.2, -0.15) is 0 Å². The number of aromatic amines is 1. The maximum atomic E-state index is 11.8. The molecule has 0 bridgehead atoms. The fourth-order valence-corrected chi connectivity index (χ4v) is 2.87. The minimum absolute atomic E-state index is 0.173. The fraction of sp³-hybridized carbons (Fsp3) is 0.176. The molecule has 3 aromatic rings. The summed E-state index contributed by atoms with van der Waals surface area (Å²) in [5, 5.41) is 9.40. The third kappa shape index (κ3) is 4.67. The first kappa shape index (κ1) is 17.6. The van der Waals surface area contributed by atoms with E-state index in [1.807, 2.05) is 24.3 Å². The van der Waals surface area contributed by atoms with E-state index < -0.39 is 5.91 Å². The van der Waals surface area contributed by atoms with Crippen molar-refractivity contribution >= 4 is 40.1 Å². The topological polar surface area (TPSA) is 116 Å². The molecule has 2 heterocycles. The van der Waals surface area contributed by atoms with Gasteiger partial charge in [0.1, 0.15) is 5.82 Å². The number of H-pyrrole nitrogens is 1. The van der Waals surface area contributed by atoms with Crippen molar-refractivity contribution in [1.82, 2.24) is 25.9 Å². The summed E-state index contributed by atoms with van der Waals surface area (Å²) < 4.78 is 0. The normalized spacial score (nSPS) is 10.5. The van der Waals surface area contributed by atoms with E-state index in [9.17, 15) is 14.4 Å². The van der Waals surface area contributed by atoms with Crippen molar-refractivity contribution in [2.24, 2.45) is 0 Å². The van der Waals surface area contributed by atoms with Crippen molar-refractivity contribution < 1.29 is 14.4 Å². The Morgan fingerprint density at radius 1 is 0.962 bits per heavy atom. The Bertz CT molecular complexity index is 887. The fourth-order valence-electron chi connectivity index (χ4n) is 2.23. The number of fused-ring (bicyclic) bond motifs is 1. The summed E-state index contributed by atoms with van der Waals surface area (Å²) in [7, 11) is 0. The van der Waals surface area contributed by atoms with Crippen LogP contribution in [0.25, 0.3) is 11.0 Å². The molecule has 3 amide bonds. The van der Waals surface area contributed by atoms with E-state index in [1.54, 1.807) is 17.5 Å². The number of benzene rings is 1. The summed E-state index contributed by atoms with van der Waals surface area (Å²) in [5.41, 5.74) is 1.72. The molecule has 0 aliphatic carbocycles. The van der Waals surface area contributed by atoms with Crippen LogP contribution in [0.2, 0.25) is 0 Å². The molecule has 0 saturated heterocycles. The molecule has 0 atom stereocenters. The number of amides is 3. The molecule has 3 rings (SSSR count). The van der Waals surface area contributed by atoms with Gasteiger partial charge in [0.15, 0.2) is 0 Å². The molecule has 4 N–H and O–H groups in total. The molecule has 9 heteroatoms. The van der Waals surface area contributed by atoms with E-state index in [0.29, 0.717) is 10.7 Å². The zero-order valence-corrected chi connectivity index (χ0v) is 14.6. The summed E-state index contributed by atoms with van der Waals surface area (Å²) in [6, 6.07) is 11.0. The quantitative estimate of drug-likeness (QED) is 0.491. The Hall–Kier alpha value is -3.20. The zero-order chi connectivity index (χ0) is 18.4. The maximum absolute atomic E-state index is 11.8. The third-order valence-electron chi connectivity index (χ3n) is 3.49. The number of imidazole rings is 1. The molecule has 0 unspecified atom stereocenters. The Kier molecular flexibility index (Phi) is 5.59. The van der Waals surface area contributed by atoms with E-state index in [4.69, 9.17) is 0 Å². The first-order valence-corrected chi connectivity index (χ1v) is 8.78. The van der Waals surface area contributed by atoms with E-state index in [-0.39, 0.29) is 31.4 Å². The largest absolute Gasteiger partial charge is 0.347 e. The Balaban J connectivity index is 1.36. The third-order valence-corrected chi connectivity index (χ3v) is 4.36. The predicted octanol–water partition coefficient (Wildman–Crippen LogP) is 0.787. The van der Waals surface area contributed by atoms with Gasteiger partial charge in [-0.05, 0) is 23.6 Å². The van der Waals surface area contributed by atoms with Crippen molar-refractivity contribution in [2.75, 3.05) is 13.1 Å².